The summed E-state index contributed by atoms with van der Waals surface area (Å²) in [6.45, 7) is 5.53. The maximum Gasteiger partial charge on any atom is 0.225 e. The van der Waals surface area contributed by atoms with E-state index < -0.39 is 0 Å². The van der Waals surface area contributed by atoms with Crippen LogP contribution < -0.4 is 4.90 Å². The SMILES string of the molecule is CN1CCOC2(COCCN(c3ncccn3)C2)C1. The highest BCUT2D eigenvalue weighted by Gasteiger charge is 2.39. The third-order valence-corrected chi connectivity index (χ3v) is 3.62. The quantitative estimate of drug-likeness (QED) is 0.712. The summed E-state index contributed by atoms with van der Waals surface area (Å²) in [4.78, 5) is 13.1. The van der Waals surface area contributed by atoms with E-state index in [1.807, 2.05) is 6.07 Å². The molecule has 2 saturated heterocycles. The number of ether oxygens (including phenoxy) is 2. The summed E-state index contributed by atoms with van der Waals surface area (Å²) < 4.78 is 11.8. The van der Waals surface area contributed by atoms with E-state index >= 15 is 0 Å². The van der Waals surface area contributed by atoms with Crippen LogP contribution in [0.4, 0.5) is 5.95 Å². The van der Waals surface area contributed by atoms with Crippen LogP contribution in [0.3, 0.4) is 0 Å². The molecule has 0 aliphatic carbocycles. The van der Waals surface area contributed by atoms with E-state index in [1.54, 1.807) is 12.4 Å². The van der Waals surface area contributed by atoms with Crippen LogP contribution in [-0.2, 0) is 9.47 Å². The Balaban J connectivity index is 1.79. The van der Waals surface area contributed by atoms with Gasteiger partial charge in [-0.15, -0.1) is 0 Å². The van der Waals surface area contributed by atoms with Crippen molar-refractivity contribution in [2.75, 3.05) is 57.9 Å². The predicted octanol–water partition coefficient (Wildman–Crippen LogP) is 0.0140. The van der Waals surface area contributed by atoms with E-state index in [2.05, 4.69) is 26.8 Å². The number of morpholine rings is 1. The lowest BCUT2D eigenvalue weighted by atomic mass is 10.0. The van der Waals surface area contributed by atoms with Gasteiger partial charge in [-0.05, 0) is 13.1 Å². The number of aromatic nitrogens is 2. The third-order valence-electron chi connectivity index (χ3n) is 3.62. The molecule has 104 valence electrons. The topological polar surface area (TPSA) is 50.7 Å². The minimum absolute atomic E-state index is 0.261. The lowest BCUT2D eigenvalue weighted by Crippen LogP contribution is -2.58. The molecule has 0 saturated carbocycles. The summed E-state index contributed by atoms with van der Waals surface area (Å²) in [5.41, 5.74) is -0.261. The second kappa shape index (κ2) is 5.40. The van der Waals surface area contributed by atoms with Gasteiger partial charge in [0.1, 0.15) is 5.60 Å². The van der Waals surface area contributed by atoms with Gasteiger partial charge in [-0.2, -0.15) is 0 Å². The molecule has 2 aliphatic heterocycles. The Morgan fingerprint density at radius 3 is 2.79 bits per heavy atom. The van der Waals surface area contributed by atoms with Gasteiger partial charge in [0.2, 0.25) is 5.95 Å². The summed E-state index contributed by atoms with van der Waals surface area (Å²) >= 11 is 0. The number of rotatable bonds is 1. The summed E-state index contributed by atoms with van der Waals surface area (Å²) in [5, 5.41) is 0. The van der Waals surface area contributed by atoms with Crippen LogP contribution in [0.2, 0.25) is 0 Å². The van der Waals surface area contributed by atoms with Crippen molar-refractivity contribution in [1.29, 1.82) is 0 Å². The van der Waals surface area contributed by atoms with Crippen molar-refractivity contribution in [3.05, 3.63) is 18.5 Å². The fraction of sp³-hybridized carbons (Fsp3) is 0.692. The number of likely N-dealkylation sites (N-methyl/N-ethyl adjacent to an activating group) is 1. The Morgan fingerprint density at radius 2 is 2.00 bits per heavy atom. The Hall–Kier alpha value is -1.24. The van der Waals surface area contributed by atoms with E-state index in [0.29, 0.717) is 13.2 Å². The molecule has 0 radical (unpaired) electrons. The fourth-order valence-corrected chi connectivity index (χ4v) is 2.75. The van der Waals surface area contributed by atoms with Gasteiger partial charge in [-0.1, -0.05) is 0 Å². The zero-order valence-corrected chi connectivity index (χ0v) is 11.3. The molecule has 1 aromatic heterocycles. The van der Waals surface area contributed by atoms with E-state index in [-0.39, 0.29) is 5.60 Å². The maximum absolute atomic E-state index is 6.04. The molecule has 19 heavy (non-hydrogen) atoms. The van der Waals surface area contributed by atoms with Gasteiger partial charge in [-0.25, -0.2) is 9.97 Å². The Labute approximate surface area is 113 Å². The first-order chi connectivity index (χ1) is 9.27. The van der Waals surface area contributed by atoms with Crippen molar-refractivity contribution in [1.82, 2.24) is 14.9 Å². The highest BCUT2D eigenvalue weighted by molar-refractivity contribution is 5.30. The van der Waals surface area contributed by atoms with Crippen molar-refractivity contribution in [3.8, 4) is 0 Å². The smallest absolute Gasteiger partial charge is 0.225 e. The molecular formula is C13H20N4O2. The third kappa shape index (κ3) is 2.86. The first kappa shape index (κ1) is 12.8. The molecule has 0 bridgehead atoms. The van der Waals surface area contributed by atoms with Gasteiger partial charge in [0.25, 0.3) is 0 Å². The first-order valence-electron chi connectivity index (χ1n) is 6.70. The second-order valence-corrected chi connectivity index (χ2v) is 5.29. The minimum atomic E-state index is -0.261. The summed E-state index contributed by atoms with van der Waals surface area (Å²) in [6, 6.07) is 1.83. The van der Waals surface area contributed by atoms with Crippen LogP contribution in [0, 0.1) is 0 Å². The number of hydrogen-bond acceptors (Lipinski definition) is 6. The number of hydrogen-bond donors (Lipinski definition) is 0. The summed E-state index contributed by atoms with van der Waals surface area (Å²) in [5.74, 6) is 0.754. The molecule has 6 nitrogen and oxygen atoms in total. The van der Waals surface area contributed by atoms with Crippen molar-refractivity contribution >= 4 is 5.95 Å². The minimum Gasteiger partial charge on any atom is -0.376 e. The van der Waals surface area contributed by atoms with Crippen LogP contribution in [0.15, 0.2) is 18.5 Å². The van der Waals surface area contributed by atoms with E-state index in [0.717, 1.165) is 38.7 Å². The predicted molar refractivity (Wildman–Crippen MR) is 71.2 cm³/mol. The lowest BCUT2D eigenvalue weighted by molar-refractivity contribution is -0.127. The molecule has 1 aromatic rings. The molecule has 1 spiro atoms. The molecule has 0 amide bonds. The largest absolute Gasteiger partial charge is 0.376 e. The fourth-order valence-electron chi connectivity index (χ4n) is 2.75. The van der Waals surface area contributed by atoms with Gasteiger partial charge in [0.15, 0.2) is 0 Å². The summed E-state index contributed by atoms with van der Waals surface area (Å²) in [6.07, 6.45) is 3.54. The molecule has 2 aliphatic rings. The lowest BCUT2D eigenvalue weighted by Gasteiger charge is -2.42. The van der Waals surface area contributed by atoms with Crippen molar-refractivity contribution < 1.29 is 9.47 Å². The second-order valence-electron chi connectivity index (χ2n) is 5.29. The molecule has 1 unspecified atom stereocenters. The first-order valence-corrected chi connectivity index (χ1v) is 6.70. The van der Waals surface area contributed by atoms with Crippen molar-refractivity contribution in [3.63, 3.8) is 0 Å². The zero-order chi connectivity index (χ0) is 13.1. The van der Waals surface area contributed by atoms with Gasteiger partial charge < -0.3 is 19.3 Å². The van der Waals surface area contributed by atoms with E-state index in [1.165, 1.54) is 0 Å². The molecule has 3 heterocycles. The number of nitrogens with zero attached hydrogens (tertiary/aromatic N) is 4. The number of anilines is 1. The Morgan fingerprint density at radius 1 is 1.16 bits per heavy atom. The van der Waals surface area contributed by atoms with E-state index in [4.69, 9.17) is 9.47 Å². The molecule has 3 rings (SSSR count). The molecular weight excluding hydrogens is 244 g/mol. The Bertz CT molecular complexity index is 416. The van der Waals surface area contributed by atoms with E-state index in [9.17, 15) is 0 Å². The molecule has 0 N–H and O–H groups in total. The van der Waals surface area contributed by atoms with Crippen molar-refractivity contribution in [2.24, 2.45) is 0 Å². The Kier molecular flexibility index (Phi) is 3.63. The monoisotopic (exact) mass is 264 g/mol. The van der Waals surface area contributed by atoms with Crippen LogP contribution in [0.25, 0.3) is 0 Å². The highest BCUT2D eigenvalue weighted by atomic mass is 16.5. The maximum atomic E-state index is 6.04. The van der Waals surface area contributed by atoms with Crippen molar-refractivity contribution in [2.45, 2.75) is 5.60 Å². The zero-order valence-electron chi connectivity index (χ0n) is 11.3. The van der Waals surface area contributed by atoms with Gasteiger partial charge in [-0.3, -0.25) is 0 Å². The normalized spacial score (nSPS) is 29.4. The molecule has 1 atom stereocenters. The molecule has 6 heteroatoms. The van der Waals surface area contributed by atoms with Crippen LogP contribution in [0.5, 0.6) is 0 Å². The highest BCUT2D eigenvalue weighted by Crippen LogP contribution is 2.23. The van der Waals surface area contributed by atoms with Gasteiger partial charge in [0, 0.05) is 32.0 Å². The average Bonchev–Trinajstić information content (AvgIpc) is 2.62. The van der Waals surface area contributed by atoms with Crippen LogP contribution in [-0.4, -0.2) is 73.5 Å². The van der Waals surface area contributed by atoms with Crippen LogP contribution >= 0.6 is 0 Å². The summed E-state index contributed by atoms with van der Waals surface area (Å²) in [7, 11) is 2.12. The van der Waals surface area contributed by atoms with Crippen LogP contribution in [0.1, 0.15) is 0 Å². The van der Waals surface area contributed by atoms with Gasteiger partial charge in [0.05, 0.1) is 26.4 Å². The average molecular weight is 264 g/mol. The molecule has 2 fully saturated rings. The van der Waals surface area contributed by atoms with Gasteiger partial charge >= 0.3 is 0 Å². The standard InChI is InChI=1S/C13H20N4O2/c1-16-5-8-19-13(9-16)10-17(6-7-18-11-13)12-14-3-2-4-15-12/h2-4H,5-11H2,1H3. The molecule has 0 aromatic carbocycles.